The van der Waals surface area contributed by atoms with E-state index in [1.807, 2.05) is 30.3 Å². The van der Waals surface area contributed by atoms with Crippen molar-refractivity contribution in [1.29, 1.82) is 0 Å². The standard InChI is InChI=1S/C17H26O2/c1-16(2)12-14(17(3,4)19-16)10-11-15(18)13-8-6-5-7-9-13/h5-9,14-15,18H,10-12H2,1-4H3. The molecule has 106 valence electrons. The van der Waals surface area contributed by atoms with Crippen LogP contribution in [0.5, 0.6) is 0 Å². The van der Waals surface area contributed by atoms with Crippen LogP contribution in [0.2, 0.25) is 0 Å². The fourth-order valence-electron chi connectivity index (χ4n) is 3.33. The van der Waals surface area contributed by atoms with E-state index in [0.29, 0.717) is 5.92 Å². The van der Waals surface area contributed by atoms with Crippen LogP contribution in [0.3, 0.4) is 0 Å². The summed E-state index contributed by atoms with van der Waals surface area (Å²) >= 11 is 0. The second-order valence-corrected chi connectivity index (χ2v) is 6.87. The van der Waals surface area contributed by atoms with Gasteiger partial charge in [0.2, 0.25) is 0 Å². The number of aliphatic hydroxyl groups is 1. The molecule has 1 N–H and O–H groups in total. The largest absolute Gasteiger partial charge is 0.388 e. The van der Waals surface area contributed by atoms with Crippen LogP contribution >= 0.6 is 0 Å². The predicted octanol–water partition coefficient (Wildman–Crippen LogP) is 4.09. The highest BCUT2D eigenvalue weighted by molar-refractivity contribution is 5.17. The Morgan fingerprint density at radius 2 is 1.84 bits per heavy atom. The van der Waals surface area contributed by atoms with E-state index in [-0.39, 0.29) is 17.3 Å². The summed E-state index contributed by atoms with van der Waals surface area (Å²) in [7, 11) is 0. The summed E-state index contributed by atoms with van der Waals surface area (Å²) in [5.41, 5.74) is 0.893. The number of aliphatic hydroxyl groups excluding tert-OH is 1. The van der Waals surface area contributed by atoms with Gasteiger partial charge in [-0.05, 0) is 58.4 Å². The molecule has 0 bridgehead atoms. The molecule has 2 rings (SSSR count). The number of hydrogen-bond donors (Lipinski definition) is 1. The molecule has 2 unspecified atom stereocenters. The fraction of sp³-hybridized carbons (Fsp3) is 0.647. The van der Waals surface area contributed by atoms with Crippen molar-refractivity contribution >= 4 is 0 Å². The lowest BCUT2D eigenvalue weighted by Gasteiger charge is -2.27. The minimum atomic E-state index is -0.360. The van der Waals surface area contributed by atoms with Crippen LogP contribution in [0, 0.1) is 5.92 Å². The van der Waals surface area contributed by atoms with Crippen LogP contribution in [0.4, 0.5) is 0 Å². The van der Waals surface area contributed by atoms with Gasteiger partial charge in [-0.15, -0.1) is 0 Å². The highest BCUT2D eigenvalue weighted by atomic mass is 16.5. The molecule has 1 aliphatic rings. The summed E-state index contributed by atoms with van der Waals surface area (Å²) in [4.78, 5) is 0. The normalized spacial score (nSPS) is 26.3. The Bertz CT molecular complexity index is 409. The second-order valence-electron chi connectivity index (χ2n) is 6.87. The molecule has 1 aliphatic heterocycles. The van der Waals surface area contributed by atoms with Gasteiger partial charge in [0.1, 0.15) is 0 Å². The molecular formula is C17H26O2. The van der Waals surface area contributed by atoms with Gasteiger partial charge in [0.25, 0.3) is 0 Å². The van der Waals surface area contributed by atoms with E-state index < -0.39 is 0 Å². The van der Waals surface area contributed by atoms with E-state index >= 15 is 0 Å². The molecule has 0 aromatic heterocycles. The third-order valence-corrected chi connectivity index (χ3v) is 4.23. The Morgan fingerprint density at radius 3 is 2.37 bits per heavy atom. The molecule has 0 saturated carbocycles. The molecule has 19 heavy (non-hydrogen) atoms. The molecular weight excluding hydrogens is 236 g/mol. The molecule has 1 heterocycles. The van der Waals surface area contributed by atoms with Crippen LogP contribution in [-0.2, 0) is 4.74 Å². The minimum absolute atomic E-state index is 0.0358. The first-order chi connectivity index (χ1) is 8.80. The van der Waals surface area contributed by atoms with Crippen molar-refractivity contribution in [2.45, 2.75) is 64.3 Å². The van der Waals surface area contributed by atoms with Gasteiger partial charge in [0, 0.05) is 0 Å². The van der Waals surface area contributed by atoms with Crippen molar-refractivity contribution in [3.8, 4) is 0 Å². The molecule has 1 saturated heterocycles. The van der Waals surface area contributed by atoms with Gasteiger partial charge in [0.15, 0.2) is 0 Å². The molecule has 1 aromatic rings. The Balaban J connectivity index is 1.92. The summed E-state index contributed by atoms with van der Waals surface area (Å²) in [6.07, 6.45) is 2.52. The molecule has 0 aliphatic carbocycles. The molecule has 2 atom stereocenters. The van der Waals surface area contributed by atoms with E-state index in [9.17, 15) is 5.11 Å². The maximum atomic E-state index is 10.2. The smallest absolute Gasteiger partial charge is 0.0790 e. The average molecular weight is 262 g/mol. The second kappa shape index (κ2) is 5.26. The third-order valence-electron chi connectivity index (χ3n) is 4.23. The molecule has 1 fully saturated rings. The van der Waals surface area contributed by atoms with Crippen LogP contribution in [0.25, 0.3) is 0 Å². The Hall–Kier alpha value is -0.860. The Labute approximate surface area is 116 Å². The fourth-order valence-corrected chi connectivity index (χ4v) is 3.33. The van der Waals surface area contributed by atoms with Crippen molar-refractivity contribution < 1.29 is 9.84 Å². The minimum Gasteiger partial charge on any atom is -0.388 e. The summed E-state index contributed by atoms with van der Waals surface area (Å²) in [6.45, 7) is 8.65. The monoisotopic (exact) mass is 262 g/mol. The predicted molar refractivity (Wildman–Crippen MR) is 78.0 cm³/mol. The summed E-state index contributed by atoms with van der Waals surface area (Å²) in [5.74, 6) is 0.515. The third kappa shape index (κ3) is 3.58. The highest BCUT2D eigenvalue weighted by Crippen LogP contribution is 2.44. The van der Waals surface area contributed by atoms with E-state index in [1.165, 1.54) is 0 Å². The zero-order valence-electron chi connectivity index (χ0n) is 12.5. The number of hydrogen-bond acceptors (Lipinski definition) is 2. The van der Waals surface area contributed by atoms with Gasteiger partial charge in [-0.3, -0.25) is 0 Å². The molecule has 0 amide bonds. The van der Waals surface area contributed by atoms with Gasteiger partial charge in [-0.2, -0.15) is 0 Å². The van der Waals surface area contributed by atoms with Crippen molar-refractivity contribution in [3.63, 3.8) is 0 Å². The van der Waals surface area contributed by atoms with Crippen LogP contribution in [0.15, 0.2) is 30.3 Å². The van der Waals surface area contributed by atoms with Gasteiger partial charge in [-0.1, -0.05) is 30.3 Å². The van der Waals surface area contributed by atoms with E-state index in [1.54, 1.807) is 0 Å². The first-order valence-corrected chi connectivity index (χ1v) is 7.23. The zero-order chi connectivity index (χ0) is 14.1. The quantitative estimate of drug-likeness (QED) is 0.885. The Morgan fingerprint density at radius 1 is 1.21 bits per heavy atom. The van der Waals surface area contributed by atoms with Gasteiger partial charge in [0.05, 0.1) is 17.3 Å². The van der Waals surface area contributed by atoms with Crippen LogP contribution in [-0.4, -0.2) is 16.3 Å². The van der Waals surface area contributed by atoms with Crippen molar-refractivity contribution in [2.75, 3.05) is 0 Å². The molecule has 2 heteroatoms. The van der Waals surface area contributed by atoms with E-state index in [0.717, 1.165) is 24.8 Å². The summed E-state index contributed by atoms with van der Waals surface area (Å²) < 4.78 is 6.11. The average Bonchev–Trinajstić information content (AvgIpc) is 2.55. The lowest BCUT2D eigenvalue weighted by Crippen LogP contribution is -2.29. The van der Waals surface area contributed by atoms with Crippen molar-refractivity contribution in [1.82, 2.24) is 0 Å². The maximum Gasteiger partial charge on any atom is 0.0790 e. The van der Waals surface area contributed by atoms with E-state index in [2.05, 4.69) is 27.7 Å². The molecule has 0 spiro atoms. The van der Waals surface area contributed by atoms with Crippen molar-refractivity contribution in [3.05, 3.63) is 35.9 Å². The van der Waals surface area contributed by atoms with Crippen LogP contribution < -0.4 is 0 Å². The number of rotatable bonds is 4. The SMILES string of the molecule is CC1(C)CC(CCC(O)c2ccccc2)C(C)(C)O1. The lowest BCUT2D eigenvalue weighted by molar-refractivity contribution is -0.0759. The Kier molecular flexibility index (Phi) is 4.03. The zero-order valence-corrected chi connectivity index (χ0v) is 12.5. The first kappa shape index (κ1) is 14.5. The summed E-state index contributed by atoms with van der Waals surface area (Å²) in [6, 6.07) is 9.91. The topological polar surface area (TPSA) is 29.5 Å². The van der Waals surface area contributed by atoms with Crippen molar-refractivity contribution in [2.24, 2.45) is 5.92 Å². The molecule has 0 radical (unpaired) electrons. The first-order valence-electron chi connectivity index (χ1n) is 7.23. The summed E-state index contributed by atoms with van der Waals surface area (Å²) in [5, 5.41) is 10.2. The lowest BCUT2D eigenvalue weighted by atomic mass is 9.83. The number of ether oxygens (including phenoxy) is 1. The van der Waals surface area contributed by atoms with Gasteiger partial charge >= 0.3 is 0 Å². The maximum absolute atomic E-state index is 10.2. The van der Waals surface area contributed by atoms with Gasteiger partial charge < -0.3 is 9.84 Å². The van der Waals surface area contributed by atoms with E-state index in [4.69, 9.17) is 4.74 Å². The van der Waals surface area contributed by atoms with Gasteiger partial charge in [-0.25, -0.2) is 0 Å². The highest BCUT2D eigenvalue weighted by Gasteiger charge is 2.45. The molecule has 2 nitrogen and oxygen atoms in total. The molecule has 1 aromatic carbocycles. The van der Waals surface area contributed by atoms with Crippen LogP contribution in [0.1, 0.15) is 58.6 Å². The number of benzene rings is 1.